The highest BCUT2D eigenvalue weighted by Gasteiger charge is 2.55. The van der Waals surface area contributed by atoms with Gasteiger partial charge in [0.05, 0.1) is 25.4 Å². The molecule has 1 amide bonds. The van der Waals surface area contributed by atoms with Crippen molar-refractivity contribution < 1.29 is 94.1 Å². The summed E-state index contributed by atoms with van der Waals surface area (Å²) in [5, 5.41) is 117. The maximum atomic E-state index is 11.9. The number of carbonyl (C=O) groups is 1. The van der Waals surface area contributed by atoms with Crippen molar-refractivity contribution in [1.82, 2.24) is 5.32 Å². The van der Waals surface area contributed by atoms with Crippen LogP contribution in [0.5, 0.6) is 0 Å². The number of aliphatic hydroxyl groups is 11. The number of ether oxygens (including phenoxy) is 7. The predicted octanol–water partition coefficient (Wildman–Crippen LogP) is -7.55. The Bertz CT molecular complexity index is 997. The van der Waals surface area contributed by atoms with Crippen LogP contribution in [0, 0.1) is 0 Å². The summed E-state index contributed by atoms with van der Waals surface area (Å²) in [4.78, 5) is 11.9. The number of aliphatic hydroxyl groups excluding tert-OH is 11. The highest BCUT2D eigenvalue weighted by Crippen LogP contribution is 2.34. The molecule has 20 nitrogen and oxygen atoms in total. The number of carbonyl (C=O) groups excluding carboxylic acids is 1. The molecule has 4 aliphatic rings. The van der Waals surface area contributed by atoms with Crippen LogP contribution in [-0.4, -0.2) is 198 Å². The van der Waals surface area contributed by atoms with Gasteiger partial charge >= 0.3 is 0 Å². The van der Waals surface area contributed by atoms with Crippen LogP contribution in [-0.2, 0) is 38.0 Å². The first-order chi connectivity index (χ1) is 21.6. The van der Waals surface area contributed by atoms with Crippen molar-refractivity contribution in [2.75, 3.05) is 13.2 Å². The molecule has 268 valence electrons. The molecule has 0 aromatic carbocycles. The van der Waals surface area contributed by atoms with Gasteiger partial charge in [0.1, 0.15) is 85.4 Å². The minimum atomic E-state index is -1.94. The van der Waals surface area contributed by atoms with E-state index in [0.717, 1.165) is 6.92 Å². The van der Waals surface area contributed by atoms with E-state index in [1.54, 1.807) is 0 Å². The smallest absolute Gasteiger partial charge is 0.217 e. The third kappa shape index (κ3) is 7.64. The van der Waals surface area contributed by atoms with Crippen LogP contribution in [0.25, 0.3) is 0 Å². The SMILES string of the molecule is CC(=O)N[C@@H]1[C@@H](O[C@H]2O[C@H](CO)[C@H](O)[C@H](O)[C@H]2O[C@@H]2O[C@@H](C)[C@H](O)[C@@H](O)[C@H]2O[C@@H]2O[C@@H](C)[C@H](O)[C@@H](O)[C@H]2O)[C@H](O)[C@@H](CO)O[C@@H]1O. The van der Waals surface area contributed by atoms with Crippen molar-refractivity contribution in [3.63, 3.8) is 0 Å². The zero-order chi connectivity index (χ0) is 34.2. The fourth-order valence-corrected chi connectivity index (χ4v) is 5.79. The van der Waals surface area contributed by atoms with E-state index in [-0.39, 0.29) is 0 Å². The van der Waals surface area contributed by atoms with Gasteiger partial charge in [0.25, 0.3) is 0 Å². The number of hydrogen-bond donors (Lipinski definition) is 12. The Morgan fingerprint density at radius 1 is 0.565 bits per heavy atom. The van der Waals surface area contributed by atoms with E-state index in [0.29, 0.717) is 0 Å². The topological polar surface area (TPSA) is 316 Å². The molecule has 4 aliphatic heterocycles. The zero-order valence-electron chi connectivity index (χ0n) is 25.1. The number of nitrogens with one attached hydrogen (secondary N) is 1. The van der Waals surface area contributed by atoms with Gasteiger partial charge in [0.15, 0.2) is 25.2 Å². The van der Waals surface area contributed by atoms with E-state index in [2.05, 4.69) is 5.32 Å². The van der Waals surface area contributed by atoms with Crippen molar-refractivity contribution in [2.24, 2.45) is 0 Å². The quantitative estimate of drug-likeness (QED) is 0.108. The predicted molar refractivity (Wildman–Crippen MR) is 143 cm³/mol. The van der Waals surface area contributed by atoms with Gasteiger partial charge in [-0.15, -0.1) is 0 Å². The first kappa shape index (κ1) is 37.6. The van der Waals surface area contributed by atoms with Gasteiger partial charge in [-0.25, -0.2) is 0 Å². The van der Waals surface area contributed by atoms with E-state index in [9.17, 15) is 61.0 Å². The first-order valence-corrected chi connectivity index (χ1v) is 14.8. The molecule has 4 rings (SSSR count). The van der Waals surface area contributed by atoms with Gasteiger partial charge in [-0.1, -0.05) is 0 Å². The highest BCUT2D eigenvalue weighted by molar-refractivity contribution is 5.73. The highest BCUT2D eigenvalue weighted by atomic mass is 16.8. The molecule has 46 heavy (non-hydrogen) atoms. The molecule has 0 bridgehead atoms. The molecule has 20 atom stereocenters. The van der Waals surface area contributed by atoms with Crippen molar-refractivity contribution in [2.45, 2.75) is 144 Å². The lowest BCUT2D eigenvalue weighted by Gasteiger charge is -2.49. The minimum absolute atomic E-state index is 0.673. The average molecular weight is 676 g/mol. The summed E-state index contributed by atoms with van der Waals surface area (Å²) in [5.41, 5.74) is 0. The summed E-state index contributed by atoms with van der Waals surface area (Å²) >= 11 is 0. The van der Waals surface area contributed by atoms with E-state index in [1.165, 1.54) is 13.8 Å². The Labute approximate surface area is 262 Å². The van der Waals surface area contributed by atoms with Crippen LogP contribution in [0.3, 0.4) is 0 Å². The first-order valence-electron chi connectivity index (χ1n) is 14.8. The molecule has 0 aromatic heterocycles. The van der Waals surface area contributed by atoms with Gasteiger partial charge in [0.2, 0.25) is 5.91 Å². The van der Waals surface area contributed by atoms with E-state index < -0.39 is 142 Å². The van der Waals surface area contributed by atoms with Crippen LogP contribution in [0.4, 0.5) is 0 Å². The summed E-state index contributed by atoms with van der Waals surface area (Å²) in [6.07, 6.45) is -31.3. The fourth-order valence-electron chi connectivity index (χ4n) is 5.79. The average Bonchev–Trinajstić information content (AvgIpc) is 3.01. The van der Waals surface area contributed by atoms with Gasteiger partial charge in [-0.2, -0.15) is 0 Å². The van der Waals surface area contributed by atoms with Crippen molar-refractivity contribution in [3.8, 4) is 0 Å². The number of rotatable bonds is 9. The summed E-state index contributed by atoms with van der Waals surface area (Å²) < 4.78 is 39.5. The van der Waals surface area contributed by atoms with E-state index >= 15 is 0 Å². The van der Waals surface area contributed by atoms with Gasteiger partial charge in [0, 0.05) is 6.92 Å². The fraction of sp³-hybridized carbons (Fsp3) is 0.962. The molecular formula is C26H45NO19. The molecule has 4 heterocycles. The Kier molecular flexibility index (Phi) is 12.7. The van der Waals surface area contributed by atoms with Crippen molar-refractivity contribution in [1.29, 1.82) is 0 Å². The van der Waals surface area contributed by atoms with Gasteiger partial charge < -0.3 is 94.6 Å². The molecule has 12 N–H and O–H groups in total. The summed E-state index contributed by atoms with van der Waals surface area (Å²) in [6.45, 7) is 2.22. The largest absolute Gasteiger partial charge is 0.394 e. The normalized spacial score (nSPS) is 51.9. The molecule has 0 spiro atoms. The third-order valence-electron chi connectivity index (χ3n) is 8.53. The maximum Gasteiger partial charge on any atom is 0.217 e. The summed E-state index contributed by atoms with van der Waals surface area (Å²) in [7, 11) is 0. The summed E-state index contributed by atoms with van der Waals surface area (Å²) in [5.74, 6) is -0.673. The molecule has 0 unspecified atom stereocenters. The number of hydrogen-bond acceptors (Lipinski definition) is 19. The van der Waals surface area contributed by atoms with E-state index in [1.807, 2.05) is 0 Å². The zero-order valence-corrected chi connectivity index (χ0v) is 25.1. The molecule has 0 saturated carbocycles. The second-order valence-corrected chi connectivity index (χ2v) is 11.8. The molecule has 0 aliphatic carbocycles. The Morgan fingerprint density at radius 3 is 1.59 bits per heavy atom. The lowest BCUT2D eigenvalue weighted by molar-refractivity contribution is -0.397. The Morgan fingerprint density at radius 2 is 1.02 bits per heavy atom. The third-order valence-corrected chi connectivity index (χ3v) is 8.53. The van der Waals surface area contributed by atoms with Gasteiger partial charge in [-0.3, -0.25) is 4.79 Å². The maximum absolute atomic E-state index is 11.9. The molecule has 20 heteroatoms. The monoisotopic (exact) mass is 675 g/mol. The number of amides is 1. The van der Waals surface area contributed by atoms with Crippen LogP contribution < -0.4 is 5.32 Å². The van der Waals surface area contributed by atoms with Crippen molar-refractivity contribution in [3.05, 3.63) is 0 Å². The molecular weight excluding hydrogens is 630 g/mol. The van der Waals surface area contributed by atoms with Gasteiger partial charge in [-0.05, 0) is 13.8 Å². The molecule has 4 fully saturated rings. The van der Waals surface area contributed by atoms with Crippen LogP contribution in [0.2, 0.25) is 0 Å². The second kappa shape index (κ2) is 15.5. The van der Waals surface area contributed by atoms with E-state index in [4.69, 9.17) is 33.2 Å². The molecule has 0 aromatic rings. The molecule has 0 radical (unpaired) electrons. The van der Waals surface area contributed by atoms with Crippen molar-refractivity contribution >= 4 is 5.91 Å². The standard InChI is InChI=1S/C26H45NO19/c1-6-12(31)16(35)19(38)24(40-6)45-21-17(36)13(32)7(2)41-25(21)46-22-18(37)14(33)9(4-28)43-26(22)44-20-11(27-8(3)30)23(39)42-10(5-29)15(20)34/h6-7,9-26,28-29,31-39H,4-5H2,1-3H3,(H,27,30)/t6-,7-,9+,10+,11+,12-,13-,14-,15+,16+,17+,18-,19+,20+,21+,22+,23-,24-,25-,26+/m0/s1. The van der Waals surface area contributed by atoms with Crippen LogP contribution >= 0.6 is 0 Å². The lowest BCUT2D eigenvalue weighted by Crippen LogP contribution is -2.69. The Hall–Kier alpha value is -1.25. The van der Waals surface area contributed by atoms with Crippen LogP contribution in [0.1, 0.15) is 20.8 Å². The van der Waals surface area contributed by atoms with Crippen LogP contribution in [0.15, 0.2) is 0 Å². The Balaban J connectivity index is 1.64. The molecule has 4 saturated heterocycles. The summed E-state index contributed by atoms with van der Waals surface area (Å²) in [6, 6.07) is -1.47. The lowest BCUT2D eigenvalue weighted by atomic mass is 9.95. The second-order valence-electron chi connectivity index (χ2n) is 11.8. The minimum Gasteiger partial charge on any atom is -0.394 e.